The van der Waals surface area contributed by atoms with Crippen LogP contribution in [0.3, 0.4) is 0 Å². The van der Waals surface area contributed by atoms with Crippen LogP contribution in [-0.2, 0) is 4.79 Å². The van der Waals surface area contributed by atoms with Crippen molar-refractivity contribution in [1.82, 2.24) is 5.01 Å². The van der Waals surface area contributed by atoms with Crippen LogP contribution in [-0.4, -0.2) is 23.7 Å². The molecule has 0 saturated carbocycles. The summed E-state index contributed by atoms with van der Waals surface area (Å²) in [4.78, 5) is 12.3. The van der Waals surface area contributed by atoms with E-state index in [1.807, 2.05) is 61.5 Å². The lowest BCUT2D eigenvalue weighted by Gasteiger charge is -2.21. The number of carbonyl (C=O) groups is 1. The number of amides is 1. The molecule has 1 aliphatic heterocycles. The maximum absolute atomic E-state index is 12.3. The molecule has 3 rings (SSSR count). The molecule has 0 aromatic heterocycles. The van der Waals surface area contributed by atoms with Gasteiger partial charge in [-0.15, -0.1) is 0 Å². The van der Waals surface area contributed by atoms with Gasteiger partial charge in [-0.3, -0.25) is 4.79 Å². The van der Waals surface area contributed by atoms with Gasteiger partial charge < -0.3 is 4.74 Å². The van der Waals surface area contributed by atoms with Crippen molar-refractivity contribution in [2.75, 3.05) is 7.11 Å². The van der Waals surface area contributed by atoms with Crippen LogP contribution in [0.25, 0.3) is 0 Å². The zero-order valence-electron chi connectivity index (χ0n) is 13.4. The minimum absolute atomic E-state index is 0.0387. The van der Waals surface area contributed by atoms with Crippen LogP contribution in [0.2, 0.25) is 0 Å². The molecule has 0 saturated heterocycles. The topological polar surface area (TPSA) is 41.9 Å². The molecular weight excluding hydrogens is 288 g/mol. The highest BCUT2D eigenvalue weighted by molar-refractivity contribution is 6.03. The molecule has 2 aromatic rings. The van der Waals surface area contributed by atoms with E-state index < -0.39 is 0 Å². The van der Waals surface area contributed by atoms with Crippen molar-refractivity contribution in [2.45, 2.75) is 25.8 Å². The molecule has 0 aliphatic carbocycles. The van der Waals surface area contributed by atoms with Gasteiger partial charge in [-0.25, -0.2) is 5.01 Å². The van der Waals surface area contributed by atoms with Crippen molar-refractivity contribution in [1.29, 1.82) is 0 Å². The second-order valence-corrected chi connectivity index (χ2v) is 5.50. The SMILES string of the molecule is CCC(=O)N1N=C(c2ccccc2)C[C@H]1c1ccc(OC)cc1. The standard InChI is InChI=1S/C19H20N2O2/c1-3-19(22)21-18(15-9-11-16(23-2)12-10-15)13-17(20-21)14-7-5-4-6-8-14/h4-12,18H,3,13H2,1-2H3/t18-/m0/s1. The maximum atomic E-state index is 12.3. The second kappa shape index (κ2) is 6.65. The lowest BCUT2D eigenvalue weighted by atomic mass is 9.98. The summed E-state index contributed by atoms with van der Waals surface area (Å²) >= 11 is 0. The smallest absolute Gasteiger partial charge is 0.242 e. The van der Waals surface area contributed by atoms with E-state index in [1.165, 1.54) is 0 Å². The van der Waals surface area contributed by atoms with Crippen molar-refractivity contribution < 1.29 is 9.53 Å². The fourth-order valence-electron chi connectivity index (χ4n) is 2.79. The number of hydrazone groups is 1. The molecule has 0 radical (unpaired) electrons. The highest BCUT2D eigenvalue weighted by Gasteiger charge is 2.32. The molecule has 0 spiro atoms. The fraction of sp³-hybridized carbons (Fsp3) is 0.263. The van der Waals surface area contributed by atoms with Crippen LogP contribution in [0.1, 0.15) is 36.9 Å². The Kier molecular flexibility index (Phi) is 4.42. The number of benzene rings is 2. The Labute approximate surface area is 136 Å². The van der Waals surface area contributed by atoms with Crippen LogP contribution in [0.15, 0.2) is 59.7 Å². The van der Waals surface area contributed by atoms with E-state index in [4.69, 9.17) is 4.74 Å². The molecule has 0 unspecified atom stereocenters. The van der Waals surface area contributed by atoms with Crippen molar-refractivity contribution in [2.24, 2.45) is 5.10 Å². The van der Waals surface area contributed by atoms with Gasteiger partial charge in [0.2, 0.25) is 5.91 Å². The second-order valence-electron chi connectivity index (χ2n) is 5.50. The summed E-state index contributed by atoms with van der Waals surface area (Å²) in [6, 6.07) is 17.8. The molecule has 23 heavy (non-hydrogen) atoms. The number of carbonyl (C=O) groups excluding carboxylic acids is 1. The van der Waals surface area contributed by atoms with Crippen LogP contribution in [0, 0.1) is 0 Å². The van der Waals surface area contributed by atoms with E-state index in [0.717, 1.165) is 29.0 Å². The summed E-state index contributed by atoms with van der Waals surface area (Å²) in [5.41, 5.74) is 3.09. The Morgan fingerprint density at radius 3 is 2.48 bits per heavy atom. The zero-order valence-corrected chi connectivity index (χ0v) is 13.4. The summed E-state index contributed by atoms with van der Waals surface area (Å²) in [6.45, 7) is 1.86. The highest BCUT2D eigenvalue weighted by Crippen LogP contribution is 2.33. The molecule has 0 fully saturated rings. The third-order valence-electron chi connectivity index (χ3n) is 4.08. The Bertz CT molecular complexity index is 708. The first-order valence-corrected chi connectivity index (χ1v) is 7.82. The summed E-state index contributed by atoms with van der Waals surface area (Å²) in [6.07, 6.45) is 1.17. The number of nitrogens with zero attached hydrogens (tertiary/aromatic N) is 2. The number of methoxy groups -OCH3 is 1. The quantitative estimate of drug-likeness (QED) is 0.862. The van der Waals surface area contributed by atoms with Crippen LogP contribution >= 0.6 is 0 Å². The molecule has 4 heteroatoms. The van der Waals surface area contributed by atoms with Gasteiger partial charge in [-0.1, -0.05) is 49.4 Å². The van der Waals surface area contributed by atoms with Crippen molar-refractivity contribution in [3.05, 3.63) is 65.7 Å². The summed E-state index contributed by atoms with van der Waals surface area (Å²) < 4.78 is 5.21. The minimum atomic E-state index is -0.0523. The molecule has 0 N–H and O–H groups in total. The number of hydrogen-bond donors (Lipinski definition) is 0. The van der Waals surface area contributed by atoms with Crippen LogP contribution < -0.4 is 4.74 Å². The van der Waals surface area contributed by atoms with Crippen molar-refractivity contribution in [3.8, 4) is 5.75 Å². The normalized spacial score (nSPS) is 17.0. The molecule has 2 aromatic carbocycles. The van der Waals surface area contributed by atoms with Crippen molar-refractivity contribution in [3.63, 3.8) is 0 Å². The minimum Gasteiger partial charge on any atom is -0.497 e. The molecule has 1 atom stereocenters. The lowest BCUT2D eigenvalue weighted by molar-refractivity contribution is -0.132. The Morgan fingerprint density at radius 1 is 1.17 bits per heavy atom. The average molecular weight is 308 g/mol. The molecular formula is C19H20N2O2. The van der Waals surface area contributed by atoms with Gasteiger partial charge in [0, 0.05) is 12.8 Å². The Hall–Kier alpha value is -2.62. The van der Waals surface area contributed by atoms with Gasteiger partial charge in [0.15, 0.2) is 0 Å². The first-order chi connectivity index (χ1) is 11.2. The van der Waals surface area contributed by atoms with Crippen LogP contribution in [0.5, 0.6) is 5.75 Å². The first-order valence-electron chi connectivity index (χ1n) is 7.82. The molecule has 1 heterocycles. The van der Waals surface area contributed by atoms with E-state index in [1.54, 1.807) is 12.1 Å². The first kappa shape index (κ1) is 15.3. The van der Waals surface area contributed by atoms with Gasteiger partial charge in [-0.2, -0.15) is 5.10 Å². The summed E-state index contributed by atoms with van der Waals surface area (Å²) in [5.74, 6) is 0.848. The molecule has 4 nitrogen and oxygen atoms in total. The number of ether oxygens (including phenoxy) is 1. The Morgan fingerprint density at radius 2 is 1.87 bits per heavy atom. The maximum Gasteiger partial charge on any atom is 0.242 e. The zero-order chi connectivity index (χ0) is 16.2. The third kappa shape index (κ3) is 3.11. The van der Waals surface area contributed by atoms with Gasteiger partial charge in [0.05, 0.1) is 18.9 Å². The van der Waals surface area contributed by atoms with E-state index in [9.17, 15) is 4.79 Å². The summed E-state index contributed by atoms with van der Waals surface area (Å²) in [7, 11) is 1.65. The molecule has 0 bridgehead atoms. The highest BCUT2D eigenvalue weighted by atomic mass is 16.5. The molecule has 1 amide bonds. The molecule has 1 aliphatic rings. The van der Waals surface area contributed by atoms with E-state index in [0.29, 0.717) is 6.42 Å². The largest absolute Gasteiger partial charge is 0.497 e. The van der Waals surface area contributed by atoms with Crippen molar-refractivity contribution >= 4 is 11.6 Å². The van der Waals surface area contributed by atoms with E-state index >= 15 is 0 Å². The third-order valence-corrected chi connectivity index (χ3v) is 4.08. The monoisotopic (exact) mass is 308 g/mol. The summed E-state index contributed by atoms with van der Waals surface area (Å²) in [5, 5.41) is 6.23. The lowest BCUT2D eigenvalue weighted by Crippen LogP contribution is -2.26. The predicted molar refractivity (Wildman–Crippen MR) is 90.5 cm³/mol. The van der Waals surface area contributed by atoms with Crippen LogP contribution in [0.4, 0.5) is 0 Å². The fourth-order valence-corrected chi connectivity index (χ4v) is 2.79. The number of hydrogen-bond acceptors (Lipinski definition) is 3. The Balaban J connectivity index is 1.92. The van der Waals surface area contributed by atoms with Gasteiger partial charge >= 0.3 is 0 Å². The van der Waals surface area contributed by atoms with Gasteiger partial charge in [-0.05, 0) is 23.3 Å². The number of rotatable bonds is 4. The predicted octanol–water partition coefficient (Wildman–Crippen LogP) is 3.78. The van der Waals surface area contributed by atoms with E-state index in [2.05, 4.69) is 5.10 Å². The van der Waals surface area contributed by atoms with Gasteiger partial charge in [0.1, 0.15) is 5.75 Å². The molecule has 118 valence electrons. The van der Waals surface area contributed by atoms with E-state index in [-0.39, 0.29) is 11.9 Å². The van der Waals surface area contributed by atoms with Gasteiger partial charge in [0.25, 0.3) is 0 Å². The average Bonchev–Trinajstić information content (AvgIpc) is 3.07.